The molecule has 0 saturated carbocycles. The van der Waals surface area contributed by atoms with E-state index < -0.39 is 0 Å². The van der Waals surface area contributed by atoms with Crippen molar-refractivity contribution in [2.75, 3.05) is 13.1 Å². The lowest BCUT2D eigenvalue weighted by Gasteiger charge is -2.36. The number of rotatable bonds is 3. The van der Waals surface area contributed by atoms with Crippen LogP contribution in [0.1, 0.15) is 28.1 Å². The second kappa shape index (κ2) is 5.06. The van der Waals surface area contributed by atoms with E-state index in [0.717, 1.165) is 10.6 Å². The van der Waals surface area contributed by atoms with Gasteiger partial charge >= 0.3 is 0 Å². The highest BCUT2D eigenvalue weighted by molar-refractivity contribution is 7.13. The maximum atomic E-state index is 12.4. The van der Waals surface area contributed by atoms with E-state index in [4.69, 9.17) is 4.52 Å². The van der Waals surface area contributed by atoms with Crippen molar-refractivity contribution in [1.82, 2.24) is 25.2 Å². The van der Waals surface area contributed by atoms with Gasteiger partial charge < -0.3 is 9.42 Å². The quantitative estimate of drug-likeness (QED) is 0.799. The van der Waals surface area contributed by atoms with Gasteiger partial charge in [0.1, 0.15) is 0 Å². The van der Waals surface area contributed by atoms with Crippen molar-refractivity contribution in [2.24, 2.45) is 0 Å². The van der Waals surface area contributed by atoms with Crippen molar-refractivity contribution < 1.29 is 9.32 Å². The summed E-state index contributed by atoms with van der Waals surface area (Å²) in [5.41, 5.74) is 1.30. The molecule has 0 unspecified atom stereocenters. The first kappa shape index (κ1) is 13.2. The SMILES string of the molecule is Cc1noc(C2CN(C(=O)c3cc(-c4cccs4)[nH]n3)C2)n1. The average Bonchev–Trinajstić information content (AvgIpc) is 3.17. The Labute approximate surface area is 130 Å². The van der Waals surface area contributed by atoms with Crippen LogP contribution in [-0.2, 0) is 0 Å². The van der Waals surface area contributed by atoms with Gasteiger partial charge in [-0.25, -0.2) is 0 Å². The third kappa shape index (κ3) is 2.21. The number of carbonyl (C=O) groups excluding carboxylic acids is 1. The first-order valence-corrected chi connectivity index (χ1v) is 7.77. The summed E-state index contributed by atoms with van der Waals surface area (Å²) in [6.45, 7) is 2.95. The zero-order chi connectivity index (χ0) is 15.1. The first-order chi connectivity index (χ1) is 10.7. The van der Waals surface area contributed by atoms with Crippen LogP contribution < -0.4 is 0 Å². The number of hydrogen-bond donors (Lipinski definition) is 1. The third-order valence-corrected chi connectivity index (χ3v) is 4.55. The molecule has 1 fully saturated rings. The van der Waals surface area contributed by atoms with Gasteiger partial charge in [0.25, 0.3) is 5.91 Å². The fourth-order valence-corrected chi connectivity index (χ4v) is 3.12. The number of nitrogens with one attached hydrogen (secondary N) is 1. The highest BCUT2D eigenvalue weighted by Gasteiger charge is 2.36. The number of hydrogen-bond acceptors (Lipinski definition) is 6. The smallest absolute Gasteiger partial charge is 0.274 e. The Bertz CT molecular complexity index is 801. The Morgan fingerprint density at radius 2 is 2.36 bits per heavy atom. The zero-order valence-corrected chi connectivity index (χ0v) is 12.6. The Morgan fingerprint density at radius 1 is 1.50 bits per heavy atom. The van der Waals surface area contributed by atoms with Crippen LogP contribution in [0.25, 0.3) is 10.6 Å². The van der Waals surface area contributed by atoms with Crippen LogP contribution in [-0.4, -0.2) is 44.2 Å². The van der Waals surface area contributed by atoms with Gasteiger partial charge in [-0.05, 0) is 24.4 Å². The van der Waals surface area contributed by atoms with Crippen LogP contribution in [0.15, 0.2) is 28.1 Å². The van der Waals surface area contributed by atoms with E-state index in [-0.39, 0.29) is 11.8 Å². The minimum absolute atomic E-state index is 0.0773. The van der Waals surface area contributed by atoms with Gasteiger partial charge in [-0.1, -0.05) is 11.2 Å². The highest BCUT2D eigenvalue weighted by Crippen LogP contribution is 2.28. The molecular formula is C14H13N5O2S. The average molecular weight is 315 g/mol. The summed E-state index contributed by atoms with van der Waals surface area (Å²) in [4.78, 5) is 19.4. The topological polar surface area (TPSA) is 87.9 Å². The molecule has 7 nitrogen and oxygen atoms in total. The molecule has 3 aromatic rings. The highest BCUT2D eigenvalue weighted by atomic mass is 32.1. The standard InChI is InChI=1S/C14H13N5O2S/c1-8-15-13(21-18-8)9-6-19(7-9)14(20)11-5-10(16-17-11)12-3-2-4-22-12/h2-5,9H,6-7H2,1H3,(H,16,17). The molecule has 3 aromatic heterocycles. The molecule has 112 valence electrons. The summed E-state index contributed by atoms with van der Waals surface area (Å²) in [5.74, 6) is 1.27. The molecule has 0 aromatic carbocycles. The van der Waals surface area contributed by atoms with Crippen molar-refractivity contribution in [1.29, 1.82) is 0 Å². The Morgan fingerprint density at radius 3 is 3.05 bits per heavy atom. The van der Waals surface area contributed by atoms with Crippen molar-refractivity contribution in [2.45, 2.75) is 12.8 Å². The molecule has 0 bridgehead atoms. The van der Waals surface area contributed by atoms with Gasteiger partial charge in [0.05, 0.1) is 16.5 Å². The number of thiophene rings is 1. The predicted molar refractivity (Wildman–Crippen MR) is 79.6 cm³/mol. The second-order valence-corrected chi connectivity index (χ2v) is 6.18. The summed E-state index contributed by atoms with van der Waals surface area (Å²) >= 11 is 1.61. The fraction of sp³-hybridized carbons (Fsp3) is 0.286. The van der Waals surface area contributed by atoms with Crippen molar-refractivity contribution >= 4 is 17.2 Å². The van der Waals surface area contributed by atoms with Crippen LogP contribution in [0.2, 0.25) is 0 Å². The molecule has 0 radical (unpaired) electrons. The normalized spacial score (nSPS) is 15.0. The molecule has 1 N–H and O–H groups in total. The van der Waals surface area contributed by atoms with Gasteiger partial charge in [-0.3, -0.25) is 9.89 Å². The number of carbonyl (C=O) groups is 1. The molecule has 1 saturated heterocycles. The van der Waals surface area contributed by atoms with Gasteiger partial charge in [-0.15, -0.1) is 11.3 Å². The van der Waals surface area contributed by atoms with Gasteiger partial charge in [0, 0.05) is 13.1 Å². The lowest BCUT2D eigenvalue weighted by Crippen LogP contribution is -2.48. The van der Waals surface area contributed by atoms with E-state index in [2.05, 4.69) is 20.3 Å². The lowest BCUT2D eigenvalue weighted by molar-refractivity contribution is 0.0563. The Balaban J connectivity index is 1.43. The summed E-state index contributed by atoms with van der Waals surface area (Å²) in [5, 5.41) is 12.8. The van der Waals surface area contributed by atoms with E-state index in [1.807, 2.05) is 17.5 Å². The molecule has 0 spiro atoms. The molecule has 22 heavy (non-hydrogen) atoms. The Kier molecular flexibility index (Phi) is 3.04. The summed E-state index contributed by atoms with van der Waals surface area (Å²) < 4.78 is 5.14. The minimum Gasteiger partial charge on any atom is -0.339 e. The maximum Gasteiger partial charge on any atom is 0.274 e. The van der Waals surface area contributed by atoms with Crippen LogP contribution >= 0.6 is 11.3 Å². The van der Waals surface area contributed by atoms with Crippen molar-refractivity contribution in [3.8, 4) is 10.6 Å². The molecule has 1 aliphatic rings. The van der Waals surface area contributed by atoms with E-state index >= 15 is 0 Å². The number of amides is 1. The van der Waals surface area contributed by atoms with E-state index in [9.17, 15) is 4.79 Å². The van der Waals surface area contributed by atoms with Gasteiger partial charge in [0.15, 0.2) is 11.5 Å². The van der Waals surface area contributed by atoms with Gasteiger partial charge in [-0.2, -0.15) is 10.1 Å². The number of aryl methyl sites for hydroxylation is 1. The summed E-state index contributed by atoms with van der Waals surface area (Å²) in [6.07, 6.45) is 0. The minimum atomic E-state index is -0.0773. The van der Waals surface area contributed by atoms with Gasteiger partial charge in [0.2, 0.25) is 5.89 Å². The molecule has 4 heterocycles. The van der Waals surface area contributed by atoms with Crippen LogP contribution in [0.5, 0.6) is 0 Å². The molecule has 1 aliphatic heterocycles. The summed E-state index contributed by atoms with van der Waals surface area (Å²) in [6, 6.07) is 5.75. The molecule has 0 atom stereocenters. The predicted octanol–water partition coefficient (Wildman–Crippen LogP) is 2.07. The molecule has 0 aliphatic carbocycles. The third-order valence-electron chi connectivity index (χ3n) is 3.64. The number of aromatic amines is 1. The lowest BCUT2D eigenvalue weighted by atomic mass is 9.99. The van der Waals surface area contributed by atoms with Crippen LogP contribution in [0, 0.1) is 6.92 Å². The maximum absolute atomic E-state index is 12.4. The van der Waals surface area contributed by atoms with E-state index in [0.29, 0.717) is 30.5 Å². The van der Waals surface area contributed by atoms with Crippen molar-refractivity contribution in [3.63, 3.8) is 0 Å². The number of aromatic nitrogens is 4. The number of likely N-dealkylation sites (tertiary alicyclic amines) is 1. The zero-order valence-electron chi connectivity index (χ0n) is 11.8. The number of nitrogens with zero attached hydrogens (tertiary/aromatic N) is 4. The molecule has 8 heteroatoms. The molecule has 1 amide bonds. The van der Waals surface area contributed by atoms with Crippen LogP contribution in [0.4, 0.5) is 0 Å². The largest absolute Gasteiger partial charge is 0.339 e. The monoisotopic (exact) mass is 315 g/mol. The van der Waals surface area contributed by atoms with Crippen molar-refractivity contribution in [3.05, 3.63) is 41.0 Å². The second-order valence-electron chi connectivity index (χ2n) is 5.23. The number of H-pyrrole nitrogens is 1. The van der Waals surface area contributed by atoms with E-state index in [1.165, 1.54) is 0 Å². The molecular weight excluding hydrogens is 302 g/mol. The summed E-state index contributed by atoms with van der Waals surface area (Å²) in [7, 11) is 0. The Hall–Kier alpha value is -2.48. The fourth-order valence-electron chi connectivity index (χ4n) is 2.43. The van der Waals surface area contributed by atoms with Crippen LogP contribution in [0.3, 0.4) is 0 Å². The van der Waals surface area contributed by atoms with E-state index in [1.54, 1.807) is 29.2 Å². The molecule has 4 rings (SSSR count). The first-order valence-electron chi connectivity index (χ1n) is 6.89.